The van der Waals surface area contributed by atoms with Crippen molar-refractivity contribution in [2.45, 2.75) is 26.3 Å². The summed E-state index contributed by atoms with van der Waals surface area (Å²) < 4.78 is 5.14. The number of aryl methyl sites for hydroxylation is 1. The number of rotatable bonds is 5. The number of piperazine rings is 1. The Balaban J connectivity index is 1.22. The van der Waals surface area contributed by atoms with Gasteiger partial charge >= 0.3 is 0 Å². The fraction of sp³-hybridized carbons (Fsp3) is 0.500. The van der Waals surface area contributed by atoms with Crippen LogP contribution in [0.4, 0.5) is 5.69 Å². The Hall–Kier alpha value is -2.18. The van der Waals surface area contributed by atoms with E-state index >= 15 is 0 Å². The van der Waals surface area contributed by atoms with E-state index in [-0.39, 0.29) is 5.91 Å². The molecule has 0 unspecified atom stereocenters. The van der Waals surface area contributed by atoms with Crippen molar-refractivity contribution in [3.8, 4) is 0 Å². The summed E-state index contributed by atoms with van der Waals surface area (Å²) in [5.41, 5.74) is 3.39. The third-order valence-corrected chi connectivity index (χ3v) is 5.36. The van der Waals surface area contributed by atoms with Crippen LogP contribution in [-0.4, -0.2) is 60.1 Å². The minimum atomic E-state index is 0.246. The molecule has 1 saturated heterocycles. The van der Waals surface area contributed by atoms with Crippen LogP contribution in [0.25, 0.3) is 0 Å². The zero-order valence-corrected chi connectivity index (χ0v) is 15.4. The van der Waals surface area contributed by atoms with Crippen molar-refractivity contribution >= 4 is 11.6 Å². The smallest absolute Gasteiger partial charge is 0.228 e. The van der Waals surface area contributed by atoms with E-state index in [0.717, 1.165) is 69.4 Å². The number of aromatic nitrogens is 1. The maximum absolute atomic E-state index is 12.6. The summed E-state index contributed by atoms with van der Waals surface area (Å²) in [5, 5.41) is 4.07. The third-order valence-electron chi connectivity index (χ3n) is 5.36. The Kier molecular flexibility index (Phi) is 5.04. The molecule has 0 atom stereocenters. The van der Waals surface area contributed by atoms with E-state index in [1.54, 1.807) is 0 Å². The lowest BCUT2D eigenvalue weighted by molar-refractivity contribution is -0.118. The largest absolute Gasteiger partial charge is 0.361 e. The Bertz CT molecular complexity index is 765. The zero-order valence-electron chi connectivity index (χ0n) is 15.4. The maximum atomic E-state index is 12.6. The Labute approximate surface area is 154 Å². The Morgan fingerprint density at radius 1 is 1.12 bits per heavy atom. The second kappa shape index (κ2) is 7.60. The third kappa shape index (κ3) is 3.81. The molecule has 0 saturated carbocycles. The number of benzene rings is 1. The first-order chi connectivity index (χ1) is 12.7. The van der Waals surface area contributed by atoms with E-state index < -0.39 is 0 Å². The average molecular weight is 354 g/mol. The zero-order chi connectivity index (χ0) is 17.9. The van der Waals surface area contributed by atoms with Crippen LogP contribution in [0.3, 0.4) is 0 Å². The van der Waals surface area contributed by atoms with Crippen LogP contribution in [0.5, 0.6) is 0 Å². The first kappa shape index (κ1) is 17.2. The number of anilines is 1. The first-order valence-corrected chi connectivity index (χ1v) is 9.44. The number of nitrogens with zero attached hydrogens (tertiary/aromatic N) is 4. The average Bonchev–Trinajstić information content (AvgIpc) is 3.27. The molecule has 2 aliphatic rings. The Morgan fingerprint density at radius 3 is 2.65 bits per heavy atom. The molecule has 0 spiro atoms. The van der Waals surface area contributed by atoms with Gasteiger partial charge in [-0.05, 0) is 25.0 Å². The van der Waals surface area contributed by atoms with Crippen molar-refractivity contribution in [2.24, 2.45) is 0 Å². The molecule has 3 heterocycles. The van der Waals surface area contributed by atoms with Crippen LogP contribution in [-0.2, 0) is 17.8 Å². The molecule has 1 amide bonds. The van der Waals surface area contributed by atoms with Crippen molar-refractivity contribution in [1.29, 1.82) is 0 Å². The van der Waals surface area contributed by atoms with E-state index in [1.165, 1.54) is 5.56 Å². The molecule has 2 aliphatic heterocycles. The van der Waals surface area contributed by atoms with E-state index in [9.17, 15) is 4.79 Å². The topological polar surface area (TPSA) is 52.8 Å². The number of carbonyl (C=O) groups is 1. The molecule has 2 aromatic rings. The lowest BCUT2D eigenvalue weighted by Crippen LogP contribution is -2.47. The minimum absolute atomic E-state index is 0.246. The minimum Gasteiger partial charge on any atom is -0.361 e. The van der Waals surface area contributed by atoms with Gasteiger partial charge in [0.25, 0.3) is 0 Å². The number of carbonyl (C=O) groups excluding carboxylic acids is 1. The highest BCUT2D eigenvalue weighted by Crippen LogP contribution is 2.27. The molecule has 6 heteroatoms. The van der Waals surface area contributed by atoms with Crippen molar-refractivity contribution < 1.29 is 9.32 Å². The summed E-state index contributed by atoms with van der Waals surface area (Å²) >= 11 is 0. The fourth-order valence-electron chi connectivity index (χ4n) is 3.88. The predicted octanol–water partition coefficient (Wildman–Crippen LogP) is 2.08. The molecular formula is C20H26N4O2. The van der Waals surface area contributed by atoms with Gasteiger partial charge in [-0.3, -0.25) is 9.69 Å². The lowest BCUT2D eigenvalue weighted by Gasteiger charge is -2.34. The molecule has 26 heavy (non-hydrogen) atoms. The maximum Gasteiger partial charge on any atom is 0.228 e. The standard InChI is InChI=1S/C20H26N4O2/c1-16-14-18(21-26-16)15-23-12-10-22(11-13-23)8-7-20(25)24-9-6-17-4-2-3-5-19(17)24/h2-5,14H,6-13,15H2,1H3. The van der Waals surface area contributed by atoms with Crippen LogP contribution < -0.4 is 4.90 Å². The SMILES string of the molecule is Cc1cc(CN2CCN(CCC(=O)N3CCc4ccccc43)CC2)no1. The summed E-state index contributed by atoms with van der Waals surface area (Å²) in [6, 6.07) is 10.2. The van der Waals surface area contributed by atoms with Gasteiger partial charge in [-0.25, -0.2) is 0 Å². The van der Waals surface area contributed by atoms with Crippen LogP contribution >= 0.6 is 0 Å². The van der Waals surface area contributed by atoms with Gasteiger partial charge in [0.05, 0.1) is 5.69 Å². The molecule has 6 nitrogen and oxygen atoms in total. The summed E-state index contributed by atoms with van der Waals surface area (Å²) in [4.78, 5) is 19.4. The summed E-state index contributed by atoms with van der Waals surface area (Å²) in [6.45, 7) is 8.44. The highest BCUT2D eigenvalue weighted by molar-refractivity contribution is 5.95. The normalized spacial score (nSPS) is 18.3. The predicted molar refractivity (Wildman–Crippen MR) is 100 cm³/mol. The number of fused-ring (bicyclic) bond motifs is 1. The van der Waals surface area contributed by atoms with Gasteiger partial charge in [0.2, 0.25) is 5.91 Å². The highest BCUT2D eigenvalue weighted by atomic mass is 16.5. The lowest BCUT2D eigenvalue weighted by atomic mass is 10.2. The van der Waals surface area contributed by atoms with E-state index in [2.05, 4.69) is 27.1 Å². The number of hydrogen-bond donors (Lipinski definition) is 0. The second-order valence-electron chi connectivity index (χ2n) is 7.22. The van der Waals surface area contributed by atoms with E-state index in [0.29, 0.717) is 6.42 Å². The van der Waals surface area contributed by atoms with Gasteiger partial charge in [-0.2, -0.15) is 0 Å². The number of para-hydroxylation sites is 1. The van der Waals surface area contributed by atoms with Gasteiger partial charge in [0.15, 0.2) is 0 Å². The monoisotopic (exact) mass is 354 g/mol. The highest BCUT2D eigenvalue weighted by Gasteiger charge is 2.25. The van der Waals surface area contributed by atoms with E-state index in [4.69, 9.17) is 4.52 Å². The fourth-order valence-corrected chi connectivity index (χ4v) is 3.88. The molecule has 138 valence electrons. The summed E-state index contributed by atoms with van der Waals surface area (Å²) in [5.74, 6) is 1.11. The van der Waals surface area contributed by atoms with Gasteiger partial charge in [-0.15, -0.1) is 0 Å². The van der Waals surface area contributed by atoms with Crippen molar-refractivity contribution in [3.05, 3.63) is 47.3 Å². The quantitative estimate of drug-likeness (QED) is 0.823. The van der Waals surface area contributed by atoms with Crippen molar-refractivity contribution in [3.63, 3.8) is 0 Å². The number of amides is 1. The van der Waals surface area contributed by atoms with Crippen molar-refractivity contribution in [1.82, 2.24) is 15.0 Å². The number of hydrogen-bond acceptors (Lipinski definition) is 5. The first-order valence-electron chi connectivity index (χ1n) is 9.44. The van der Waals surface area contributed by atoms with E-state index in [1.807, 2.05) is 30.0 Å². The molecular weight excluding hydrogens is 328 g/mol. The molecule has 1 aromatic carbocycles. The molecule has 0 aliphatic carbocycles. The van der Waals surface area contributed by atoms with Gasteiger partial charge < -0.3 is 14.3 Å². The van der Waals surface area contributed by atoms with Gasteiger partial charge in [-0.1, -0.05) is 23.4 Å². The summed E-state index contributed by atoms with van der Waals surface area (Å²) in [7, 11) is 0. The van der Waals surface area contributed by atoms with Gasteiger partial charge in [0.1, 0.15) is 5.76 Å². The van der Waals surface area contributed by atoms with Gasteiger partial charge in [0, 0.05) is 64.0 Å². The van der Waals surface area contributed by atoms with Crippen molar-refractivity contribution in [2.75, 3.05) is 44.2 Å². The Morgan fingerprint density at radius 2 is 1.88 bits per heavy atom. The van der Waals surface area contributed by atoms with Crippen LogP contribution in [0.1, 0.15) is 23.4 Å². The molecule has 1 aromatic heterocycles. The summed E-state index contributed by atoms with van der Waals surface area (Å²) in [6.07, 6.45) is 1.57. The van der Waals surface area contributed by atoms with Crippen LogP contribution in [0, 0.1) is 6.92 Å². The molecule has 0 N–H and O–H groups in total. The molecule has 1 fully saturated rings. The molecule has 0 radical (unpaired) electrons. The molecule has 4 rings (SSSR count). The van der Waals surface area contributed by atoms with Crippen LogP contribution in [0.15, 0.2) is 34.9 Å². The van der Waals surface area contributed by atoms with Crippen LogP contribution in [0.2, 0.25) is 0 Å². The second-order valence-corrected chi connectivity index (χ2v) is 7.22. The molecule has 0 bridgehead atoms.